The molecule has 21 heavy (non-hydrogen) atoms. The molecule has 0 radical (unpaired) electrons. The summed E-state index contributed by atoms with van der Waals surface area (Å²) in [6, 6.07) is 6.85. The maximum atomic E-state index is 13.0. The zero-order valence-electron chi connectivity index (χ0n) is 12.3. The lowest BCUT2D eigenvalue weighted by Crippen LogP contribution is -2.45. The molecular weight excluding hydrogens is 271 g/mol. The Kier molecular flexibility index (Phi) is 4.22. The van der Waals surface area contributed by atoms with Crippen LogP contribution in [-0.4, -0.2) is 55.0 Å². The van der Waals surface area contributed by atoms with Crippen molar-refractivity contribution in [3.8, 4) is 0 Å². The first-order chi connectivity index (χ1) is 10.1. The van der Waals surface area contributed by atoms with Crippen LogP contribution in [0.25, 0.3) is 0 Å². The van der Waals surface area contributed by atoms with Crippen LogP contribution >= 0.6 is 0 Å². The van der Waals surface area contributed by atoms with Crippen LogP contribution in [0.5, 0.6) is 0 Å². The lowest BCUT2D eigenvalue weighted by atomic mass is 10.1. The lowest BCUT2D eigenvalue weighted by Gasteiger charge is -2.33. The molecule has 0 N–H and O–H groups in total. The van der Waals surface area contributed by atoms with Crippen molar-refractivity contribution >= 4 is 5.91 Å². The number of hydrogen-bond donors (Lipinski definition) is 0. The first-order valence-electron chi connectivity index (χ1n) is 7.48. The van der Waals surface area contributed by atoms with Gasteiger partial charge >= 0.3 is 0 Å². The molecular formula is C16H21FN2O2. The Morgan fingerprint density at radius 1 is 1.38 bits per heavy atom. The highest BCUT2D eigenvalue weighted by atomic mass is 19.1. The molecule has 1 saturated heterocycles. The van der Waals surface area contributed by atoms with Gasteiger partial charge in [0.05, 0.1) is 19.3 Å². The van der Waals surface area contributed by atoms with Crippen LogP contribution in [0, 0.1) is 5.82 Å². The molecule has 4 nitrogen and oxygen atoms in total. The number of carbonyl (C=O) groups is 1. The molecule has 1 atom stereocenters. The maximum Gasteiger partial charge on any atom is 0.236 e. The molecule has 0 unspecified atom stereocenters. The van der Waals surface area contributed by atoms with Gasteiger partial charge in [-0.15, -0.1) is 0 Å². The second-order valence-corrected chi connectivity index (χ2v) is 5.88. The monoisotopic (exact) mass is 292 g/mol. The fourth-order valence-electron chi connectivity index (χ4n) is 2.69. The van der Waals surface area contributed by atoms with E-state index >= 15 is 0 Å². The molecule has 1 heterocycles. The number of likely N-dealkylation sites (N-methyl/N-ethyl adjacent to an activating group) is 1. The van der Waals surface area contributed by atoms with E-state index < -0.39 is 0 Å². The highest BCUT2D eigenvalue weighted by Gasteiger charge is 2.31. The standard InChI is InChI=1S/C16H21FN2O2/c1-18(14-6-7-14)16(20)11-19-8-9-21-15(10-19)12-2-4-13(17)5-3-12/h2-5,14-15H,6-11H2,1H3/t15-/m1/s1. The summed E-state index contributed by atoms with van der Waals surface area (Å²) >= 11 is 0. The van der Waals surface area contributed by atoms with Crippen molar-refractivity contribution in [3.63, 3.8) is 0 Å². The van der Waals surface area contributed by atoms with E-state index in [0.717, 1.165) is 24.9 Å². The van der Waals surface area contributed by atoms with Crippen molar-refractivity contribution in [2.24, 2.45) is 0 Å². The van der Waals surface area contributed by atoms with Gasteiger partial charge in [0.1, 0.15) is 5.82 Å². The van der Waals surface area contributed by atoms with E-state index in [2.05, 4.69) is 4.90 Å². The summed E-state index contributed by atoms with van der Waals surface area (Å²) in [7, 11) is 1.89. The highest BCUT2D eigenvalue weighted by Crippen LogP contribution is 2.26. The number of nitrogens with zero attached hydrogens (tertiary/aromatic N) is 2. The lowest BCUT2D eigenvalue weighted by molar-refractivity contribution is -0.133. The fraction of sp³-hybridized carbons (Fsp3) is 0.562. The molecule has 1 aromatic rings. The molecule has 3 rings (SSSR count). The molecule has 1 amide bonds. The van der Waals surface area contributed by atoms with Gasteiger partial charge in [-0.05, 0) is 30.5 Å². The van der Waals surface area contributed by atoms with Gasteiger partial charge in [-0.3, -0.25) is 9.69 Å². The Labute approximate surface area is 124 Å². The minimum atomic E-state index is -0.243. The van der Waals surface area contributed by atoms with Gasteiger partial charge in [0.2, 0.25) is 5.91 Å². The number of hydrogen-bond acceptors (Lipinski definition) is 3. The predicted octanol–water partition coefficient (Wildman–Crippen LogP) is 1.82. The van der Waals surface area contributed by atoms with Crippen LogP contribution in [0.1, 0.15) is 24.5 Å². The molecule has 5 heteroatoms. The summed E-state index contributed by atoms with van der Waals surface area (Å²) in [5, 5.41) is 0. The highest BCUT2D eigenvalue weighted by molar-refractivity contribution is 5.78. The Hall–Kier alpha value is -1.46. The largest absolute Gasteiger partial charge is 0.371 e. The summed E-state index contributed by atoms with van der Waals surface area (Å²) in [5.41, 5.74) is 0.962. The number of ether oxygens (including phenoxy) is 1. The third-order valence-corrected chi connectivity index (χ3v) is 4.24. The Bertz CT molecular complexity index is 502. The van der Waals surface area contributed by atoms with Crippen LogP contribution in [0.2, 0.25) is 0 Å². The third-order valence-electron chi connectivity index (χ3n) is 4.24. The Morgan fingerprint density at radius 3 is 2.76 bits per heavy atom. The molecule has 0 spiro atoms. The number of carbonyl (C=O) groups excluding carboxylic acids is 1. The summed E-state index contributed by atoms with van der Waals surface area (Å²) in [6.07, 6.45) is 2.17. The summed E-state index contributed by atoms with van der Waals surface area (Å²) < 4.78 is 18.7. The zero-order chi connectivity index (χ0) is 14.8. The molecule has 1 saturated carbocycles. The normalized spacial score (nSPS) is 23.0. The minimum absolute atomic E-state index is 0.0848. The topological polar surface area (TPSA) is 32.8 Å². The number of benzene rings is 1. The number of halogens is 1. The van der Waals surface area contributed by atoms with Gasteiger partial charge in [0.25, 0.3) is 0 Å². The van der Waals surface area contributed by atoms with E-state index in [9.17, 15) is 9.18 Å². The van der Waals surface area contributed by atoms with E-state index in [-0.39, 0.29) is 17.8 Å². The SMILES string of the molecule is CN(C(=O)CN1CCO[C@@H](c2ccc(F)cc2)C1)C1CC1. The average molecular weight is 292 g/mol. The summed E-state index contributed by atoms with van der Waals surface area (Å²) in [4.78, 5) is 16.2. The van der Waals surface area contributed by atoms with Crippen LogP contribution < -0.4 is 0 Å². The van der Waals surface area contributed by atoms with Crippen LogP contribution in [-0.2, 0) is 9.53 Å². The summed E-state index contributed by atoms with van der Waals surface area (Å²) in [6.45, 7) is 2.48. The van der Waals surface area contributed by atoms with Gasteiger partial charge in [0.15, 0.2) is 0 Å². The smallest absolute Gasteiger partial charge is 0.236 e. The quantitative estimate of drug-likeness (QED) is 0.848. The average Bonchev–Trinajstić information content (AvgIpc) is 3.32. The van der Waals surface area contributed by atoms with E-state index in [1.54, 1.807) is 12.1 Å². The van der Waals surface area contributed by atoms with E-state index in [4.69, 9.17) is 4.74 Å². The molecule has 0 aromatic heterocycles. The van der Waals surface area contributed by atoms with Crippen LogP contribution in [0.4, 0.5) is 4.39 Å². The summed E-state index contributed by atoms with van der Waals surface area (Å²) in [5.74, 6) is -0.0649. The van der Waals surface area contributed by atoms with Crippen molar-refractivity contribution in [3.05, 3.63) is 35.6 Å². The molecule has 1 aliphatic heterocycles. The maximum absolute atomic E-state index is 13.0. The molecule has 0 bridgehead atoms. The third kappa shape index (κ3) is 3.60. The van der Waals surface area contributed by atoms with Crippen molar-refractivity contribution in [1.29, 1.82) is 0 Å². The predicted molar refractivity (Wildman–Crippen MR) is 77.3 cm³/mol. The number of morpholine rings is 1. The fourth-order valence-corrected chi connectivity index (χ4v) is 2.69. The van der Waals surface area contributed by atoms with Gasteiger partial charge in [0, 0.05) is 26.2 Å². The van der Waals surface area contributed by atoms with Gasteiger partial charge < -0.3 is 9.64 Å². The minimum Gasteiger partial charge on any atom is -0.371 e. The van der Waals surface area contributed by atoms with Crippen LogP contribution in [0.15, 0.2) is 24.3 Å². The van der Waals surface area contributed by atoms with Crippen LogP contribution in [0.3, 0.4) is 0 Å². The Balaban J connectivity index is 1.57. The molecule has 2 fully saturated rings. The van der Waals surface area contributed by atoms with Gasteiger partial charge in [-0.2, -0.15) is 0 Å². The molecule has 2 aliphatic rings. The van der Waals surface area contributed by atoms with Gasteiger partial charge in [-0.1, -0.05) is 12.1 Å². The number of amides is 1. The first-order valence-corrected chi connectivity index (χ1v) is 7.48. The van der Waals surface area contributed by atoms with Crippen molar-refractivity contribution in [1.82, 2.24) is 9.80 Å². The number of rotatable bonds is 4. The van der Waals surface area contributed by atoms with Crippen molar-refractivity contribution < 1.29 is 13.9 Å². The van der Waals surface area contributed by atoms with E-state index in [0.29, 0.717) is 25.7 Å². The second-order valence-electron chi connectivity index (χ2n) is 5.88. The van der Waals surface area contributed by atoms with Crippen molar-refractivity contribution in [2.45, 2.75) is 25.0 Å². The van der Waals surface area contributed by atoms with Gasteiger partial charge in [-0.25, -0.2) is 4.39 Å². The second kappa shape index (κ2) is 6.12. The van der Waals surface area contributed by atoms with E-state index in [1.165, 1.54) is 12.1 Å². The molecule has 1 aliphatic carbocycles. The first kappa shape index (κ1) is 14.5. The Morgan fingerprint density at radius 2 is 2.10 bits per heavy atom. The zero-order valence-corrected chi connectivity index (χ0v) is 12.3. The molecule has 114 valence electrons. The molecule has 1 aromatic carbocycles. The van der Waals surface area contributed by atoms with Crippen molar-refractivity contribution in [2.75, 3.05) is 33.3 Å². The van der Waals surface area contributed by atoms with E-state index in [1.807, 2.05) is 11.9 Å².